The summed E-state index contributed by atoms with van der Waals surface area (Å²) >= 11 is 0. The molecule has 0 spiro atoms. The van der Waals surface area contributed by atoms with Crippen LogP contribution in [-0.2, 0) is 4.79 Å². The molecule has 0 unspecified atom stereocenters. The Morgan fingerprint density at radius 2 is 1.95 bits per heavy atom. The summed E-state index contributed by atoms with van der Waals surface area (Å²) in [5.74, 6) is -0.110. The molecule has 1 amide bonds. The van der Waals surface area contributed by atoms with Crippen LogP contribution in [0.1, 0.15) is 37.7 Å². The summed E-state index contributed by atoms with van der Waals surface area (Å²) in [6, 6.07) is 4.45. The third kappa shape index (κ3) is 7.06. The number of hydrogen-bond acceptors (Lipinski definition) is 4. The molecule has 0 aromatic heterocycles. The van der Waals surface area contributed by atoms with E-state index in [1.165, 1.54) is 12.1 Å². The van der Waals surface area contributed by atoms with Gasteiger partial charge in [0.15, 0.2) is 0 Å². The standard InChI is InChI=1S/C14H21N3O3.ClH/c1-11-7-8-12(17(19)20)10-13(11)16-14(18)6-4-2-3-5-9-15;/h7-8,10H,2-6,9,15H2,1H3,(H,16,18);1H. The van der Waals surface area contributed by atoms with E-state index in [0.29, 0.717) is 18.7 Å². The normalized spacial score (nSPS) is 9.81. The first-order chi connectivity index (χ1) is 9.54. The lowest BCUT2D eigenvalue weighted by Crippen LogP contribution is -2.12. The number of benzene rings is 1. The minimum absolute atomic E-state index is 0. The van der Waals surface area contributed by atoms with Crippen LogP contribution < -0.4 is 11.1 Å². The minimum Gasteiger partial charge on any atom is -0.330 e. The predicted molar refractivity (Wildman–Crippen MR) is 85.9 cm³/mol. The van der Waals surface area contributed by atoms with Crippen molar-refractivity contribution in [1.82, 2.24) is 0 Å². The Morgan fingerprint density at radius 1 is 1.29 bits per heavy atom. The fourth-order valence-electron chi connectivity index (χ4n) is 1.85. The lowest BCUT2D eigenvalue weighted by Gasteiger charge is -2.08. The van der Waals surface area contributed by atoms with Gasteiger partial charge >= 0.3 is 0 Å². The van der Waals surface area contributed by atoms with Crippen molar-refractivity contribution < 1.29 is 9.72 Å². The molecule has 0 heterocycles. The molecule has 21 heavy (non-hydrogen) atoms. The highest BCUT2D eigenvalue weighted by Gasteiger charge is 2.10. The molecule has 0 atom stereocenters. The Morgan fingerprint density at radius 3 is 2.57 bits per heavy atom. The SMILES string of the molecule is Cc1ccc([N+](=O)[O-])cc1NC(=O)CCCCCCN.Cl. The molecule has 0 bridgehead atoms. The summed E-state index contributed by atoms with van der Waals surface area (Å²) < 4.78 is 0. The number of halogens is 1. The first-order valence-corrected chi connectivity index (χ1v) is 6.79. The number of unbranched alkanes of at least 4 members (excludes halogenated alkanes) is 3. The van der Waals surface area contributed by atoms with Crippen LogP contribution in [0.15, 0.2) is 18.2 Å². The van der Waals surface area contributed by atoms with Gasteiger partial charge in [0.1, 0.15) is 0 Å². The van der Waals surface area contributed by atoms with Crippen molar-refractivity contribution in [2.24, 2.45) is 5.73 Å². The number of carbonyl (C=O) groups is 1. The highest BCUT2D eigenvalue weighted by molar-refractivity contribution is 5.91. The zero-order valence-corrected chi connectivity index (χ0v) is 12.9. The Labute approximate surface area is 130 Å². The third-order valence-electron chi connectivity index (χ3n) is 3.06. The van der Waals surface area contributed by atoms with Gasteiger partial charge in [-0.15, -0.1) is 12.4 Å². The molecule has 0 saturated carbocycles. The summed E-state index contributed by atoms with van der Waals surface area (Å²) in [5.41, 5.74) is 6.69. The number of nitrogens with one attached hydrogen (secondary N) is 1. The second-order valence-corrected chi connectivity index (χ2v) is 4.76. The fourth-order valence-corrected chi connectivity index (χ4v) is 1.85. The highest BCUT2D eigenvalue weighted by atomic mass is 35.5. The van der Waals surface area contributed by atoms with Crippen LogP contribution in [0, 0.1) is 17.0 Å². The van der Waals surface area contributed by atoms with Crippen molar-refractivity contribution in [3.8, 4) is 0 Å². The van der Waals surface area contributed by atoms with Crippen LogP contribution in [0.5, 0.6) is 0 Å². The number of nitro benzene ring substituents is 1. The van der Waals surface area contributed by atoms with Gasteiger partial charge in [0.2, 0.25) is 5.91 Å². The lowest BCUT2D eigenvalue weighted by molar-refractivity contribution is -0.384. The van der Waals surface area contributed by atoms with E-state index in [0.717, 1.165) is 31.2 Å². The van der Waals surface area contributed by atoms with Crippen LogP contribution in [0.2, 0.25) is 0 Å². The maximum atomic E-state index is 11.8. The Bertz CT molecular complexity index is 481. The van der Waals surface area contributed by atoms with Gasteiger partial charge in [0.05, 0.1) is 10.6 Å². The molecule has 0 aliphatic carbocycles. The first kappa shape index (κ1) is 19.3. The number of aryl methyl sites for hydroxylation is 1. The maximum Gasteiger partial charge on any atom is 0.271 e. The van der Waals surface area contributed by atoms with Crippen LogP contribution in [0.3, 0.4) is 0 Å². The molecule has 7 heteroatoms. The Balaban J connectivity index is 0.00000400. The van der Waals surface area contributed by atoms with Crippen molar-refractivity contribution in [3.63, 3.8) is 0 Å². The number of nitrogens with two attached hydrogens (primary N) is 1. The second-order valence-electron chi connectivity index (χ2n) is 4.76. The molecule has 1 rings (SSSR count). The number of non-ortho nitro benzene ring substituents is 1. The Kier molecular flexibility index (Phi) is 9.32. The van der Waals surface area contributed by atoms with Crippen molar-refractivity contribution >= 4 is 29.7 Å². The summed E-state index contributed by atoms with van der Waals surface area (Å²) in [7, 11) is 0. The summed E-state index contributed by atoms with van der Waals surface area (Å²) in [6.45, 7) is 2.49. The van der Waals surface area contributed by atoms with E-state index in [9.17, 15) is 14.9 Å². The number of nitro groups is 1. The van der Waals surface area contributed by atoms with Gasteiger partial charge < -0.3 is 11.1 Å². The van der Waals surface area contributed by atoms with Crippen molar-refractivity contribution in [2.75, 3.05) is 11.9 Å². The fraction of sp³-hybridized carbons (Fsp3) is 0.500. The molecule has 3 N–H and O–H groups in total. The van der Waals surface area contributed by atoms with E-state index in [1.807, 2.05) is 0 Å². The van der Waals surface area contributed by atoms with E-state index >= 15 is 0 Å². The molecule has 1 aromatic rings. The zero-order chi connectivity index (χ0) is 15.0. The summed E-state index contributed by atoms with van der Waals surface area (Å²) in [5, 5.41) is 13.4. The van der Waals surface area contributed by atoms with Gasteiger partial charge in [-0.2, -0.15) is 0 Å². The third-order valence-corrected chi connectivity index (χ3v) is 3.06. The van der Waals surface area contributed by atoms with Crippen LogP contribution in [-0.4, -0.2) is 17.4 Å². The number of amides is 1. The molecular formula is C14H22ClN3O3. The van der Waals surface area contributed by atoms with Gasteiger partial charge in [-0.1, -0.05) is 18.9 Å². The van der Waals surface area contributed by atoms with Gasteiger partial charge in [-0.3, -0.25) is 14.9 Å². The van der Waals surface area contributed by atoms with Crippen LogP contribution in [0.4, 0.5) is 11.4 Å². The van der Waals surface area contributed by atoms with E-state index in [2.05, 4.69) is 5.32 Å². The van der Waals surface area contributed by atoms with Crippen LogP contribution in [0.25, 0.3) is 0 Å². The average molecular weight is 316 g/mol. The van der Waals surface area contributed by atoms with Crippen LogP contribution >= 0.6 is 12.4 Å². The number of anilines is 1. The topological polar surface area (TPSA) is 98.3 Å². The zero-order valence-electron chi connectivity index (χ0n) is 12.1. The average Bonchev–Trinajstić information content (AvgIpc) is 2.40. The van der Waals surface area contributed by atoms with Crippen molar-refractivity contribution in [2.45, 2.75) is 39.0 Å². The summed E-state index contributed by atoms with van der Waals surface area (Å²) in [4.78, 5) is 22.0. The molecule has 6 nitrogen and oxygen atoms in total. The largest absolute Gasteiger partial charge is 0.330 e. The molecule has 0 aliphatic heterocycles. The number of carbonyl (C=O) groups excluding carboxylic acids is 1. The molecule has 0 fully saturated rings. The minimum atomic E-state index is -0.470. The summed E-state index contributed by atoms with van der Waals surface area (Å²) in [6.07, 6.45) is 4.20. The van der Waals surface area contributed by atoms with E-state index < -0.39 is 4.92 Å². The monoisotopic (exact) mass is 315 g/mol. The van der Waals surface area contributed by atoms with Crippen molar-refractivity contribution in [1.29, 1.82) is 0 Å². The smallest absolute Gasteiger partial charge is 0.271 e. The molecule has 1 aromatic carbocycles. The first-order valence-electron chi connectivity index (χ1n) is 6.79. The molecule has 0 aliphatic rings. The van der Waals surface area contributed by atoms with E-state index in [1.54, 1.807) is 13.0 Å². The molecule has 0 radical (unpaired) electrons. The quantitative estimate of drug-likeness (QED) is 0.437. The molecular weight excluding hydrogens is 294 g/mol. The van der Waals surface area contributed by atoms with Crippen molar-refractivity contribution in [3.05, 3.63) is 33.9 Å². The highest BCUT2D eigenvalue weighted by Crippen LogP contribution is 2.22. The van der Waals surface area contributed by atoms with Gasteiger partial charge in [-0.25, -0.2) is 0 Å². The predicted octanol–water partition coefficient (Wildman–Crippen LogP) is 3.17. The van der Waals surface area contributed by atoms with E-state index in [-0.39, 0.29) is 24.0 Å². The van der Waals surface area contributed by atoms with Gasteiger partial charge in [-0.05, 0) is 31.9 Å². The molecule has 0 saturated heterocycles. The van der Waals surface area contributed by atoms with E-state index in [4.69, 9.17) is 5.73 Å². The molecule has 118 valence electrons. The number of rotatable bonds is 8. The van der Waals surface area contributed by atoms with Gasteiger partial charge in [0.25, 0.3) is 5.69 Å². The lowest BCUT2D eigenvalue weighted by atomic mass is 10.1. The number of nitrogens with zero attached hydrogens (tertiary/aromatic N) is 1. The Hall–Kier alpha value is -1.66. The second kappa shape index (κ2) is 10.1. The maximum absolute atomic E-state index is 11.8. The number of hydrogen-bond donors (Lipinski definition) is 2. The van der Waals surface area contributed by atoms with Gasteiger partial charge in [0, 0.05) is 18.6 Å².